The van der Waals surface area contributed by atoms with Crippen LogP contribution in [-0.2, 0) is 35.5 Å². The number of carbonyl (C=O) groups is 2. The van der Waals surface area contributed by atoms with Crippen molar-refractivity contribution in [2.75, 3.05) is 13.1 Å². The summed E-state index contributed by atoms with van der Waals surface area (Å²) >= 11 is 0. The molecule has 1 aliphatic heterocycles. The van der Waals surface area contributed by atoms with E-state index in [1.54, 1.807) is 0 Å². The molecule has 1 fully saturated rings. The van der Waals surface area contributed by atoms with Gasteiger partial charge < -0.3 is 21.3 Å². The first kappa shape index (κ1) is 31.7. The van der Waals surface area contributed by atoms with E-state index in [-0.39, 0.29) is 11.8 Å². The van der Waals surface area contributed by atoms with Crippen molar-refractivity contribution in [3.63, 3.8) is 0 Å². The Morgan fingerprint density at radius 3 is 1.48 bits per heavy atom. The van der Waals surface area contributed by atoms with E-state index in [4.69, 9.17) is 0 Å². The minimum Gasteiger partial charge on any atom is -0.343 e. The van der Waals surface area contributed by atoms with Crippen LogP contribution in [0.1, 0.15) is 101 Å². The van der Waals surface area contributed by atoms with Gasteiger partial charge in [0, 0.05) is 25.5 Å². The van der Waals surface area contributed by atoms with Crippen molar-refractivity contribution in [1.29, 1.82) is 0 Å². The zero-order chi connectivity index (χ0) is 28.4. The molecule has 0 bridgehead atoms. The first-order valence-electron chi connectivity index (χ1n) is 15.5. The van der Waals surface area contributed by atoms with Gasteiger partial charge in [0.15, 0.2) is 0 Å². The number of hydrogen-bond acceptors (Lipinski definition) is 6. The molecule has 1 saturated heterocycles. The molecule has 1 aliphatic rings. The number of rotatable bonds is 20. The van der Waals surface area contributed by atoms with Crippen LogP contribution in [0.15, 0.2) is 36.7 Å². The second-order valence-electron chi connectivity index (χ2n) is 11.0. The third kappa shape index (κ3) is 11.7. The predicted octanol–water partition coefficient (Wildman–Crippen LogP) is 4.37. The van der Waals surface area contributed by atoms with E-state index in [0.29, 0.717) is 12.8 Å². The molecular formula is C32H50N6O2. The number of carbonyl (C=O) groups excluding carboxylic acids is 2. The zero-order valence-electron chi connectivity index (χ0n) is 24.6. The molecule has 2 atom stereocenters. The maximum atomic E-state index is 12.6. The molecule has 3 heterocycles. The third-order valence-corrected chi connectivity index (χ3v) is 7.48. The topological polar surface area (TPSA) is 108 Å². The van der Waals surface area contributed by atoms with Crippen molar-refractivity contribution in [2.24, 2.45) is 0 Å². The Labute approximate surface area is 240 Å². The molecule has 2 unspecified atom stereocenters. The predicted molar refractivity (Wildman–Crippen MR) is 161 cm³/mol. The number of pyridine rings is 2. The van der Waals surface area contributed by atoms with Gasteiger partial charge >= 0.3 is 0 Å². The van der Waals surface area contributed by atoms with Crippen molar-refractivity contribution in [3.8, 4) is 0 Å². The van der Waals surface area contributed by atoms with Crippen LogP contribution in [0.2, 0.25) is 0 Å². The smallest absolute Gasteiger partial charge is 0.243 e. The molecule has 3 rings (SSSR count). The summed E-state index contributed by atoms with van der Waals surface area (Å²) < 4.78 is 0. The van der Waals surface area contributed by atoms with E-state index in [0.717, 1.165) is 76.1 Å². The van der Waals surface area contributed by atoms with Crippen LogP contribution in [-0.4, -0.2) is 47.0 Å². The molecule has 8 nitrogen and oxygen atoms in total. The molecule has 0 saturated carbocycles. The van der Waals surface area contributed by atoms with Crippen LogP contribution in [0.4, 0.5) is 0 Å². The van der Waals surface area contributed by atoms with Crippen LogP contribution in [0, 0.1) is 0 Å². The Hall–Kier alpha value is -2.84. The summed E-state index contributed by atoms with van der Waals surface area (Å²) in [5, 5.41) is 12.7. The normalized spacial score (nSPS) is 17.1. The summed E-state index contributed by atoms with van der Waals surface area (Å²) in [6.45, 7) is 7.61. The van der Waals surface area contributed by atoms with Gasteiger partial charge in [-0.15, -0.1) is 0 Å². The zero-order valence-corrected chi connectivity index (χ0v) is 24.6. The number of aryl methyl sites for hydroxylation is 2. The van der Waals surface area contributed by atoms with Crippen molar-refractivity contribution in [2.45, 2.75) is 116 Å². The minimum atomic E-state index is -0.427. The molecule has 0 radical (unpaired) electrons. The van der Waals surface area contributed by atoms with E-state index in [2.05, 4.69) is 69.3 Å². The average Bonchev–Trinajstić information content (AvgIpc) is 2.97. The first-order chi connectivity index (χ1) is 19.6. The molecule has 0 aliphatic carbocycles. The second-order valence-corrected chi connectivity index (χ2v) is 11.0. The number of nitrogens with zero attached hydrogens (tertiary/aromatic N) is 2. The number of amides is 2. The fraction of sp³-hybridized carbons (Fsp3) is 0.625. The Kier molecular flexibility index (Phi) is 14.7. The highest BCUT2D eigenvalue weighted by Gasteiger charge is 2.32. The summed E-state index contributed by atoms with van der Waals surface area (Å²) in [5.74, 6) is -0.118. The molecule has 8 heteroatoms. The fourth-order valence-electron chi connectivity index (χ4n) is 4.89. The lowest BCUT2D eigenvalue weighted by atomic mass is 10.0. The third-order valence-electron chi connectivity index (χ3n) is 7.48. The number of unbranched alkanes of at least 4 members (excludes halogenated alkanes) is 4. The van der Waals surface area contributed by atoms with E-state index in [1.165, 1.54) is 36.8 Å². The van der Waals surface area contributed by atoms with Crippen LogP contribution < -0.4 is 21.3 Å². The molecule has 2 amide bonds. The van der Waals surface area contributed by atoms with Crippen LogP contribution in [0.25, 0.3) is 0 Å². The molecular weight excluding hydrogens is 500 g/mol. The molecule has 2 aromatic heterocycles. The van der Waals surface area contributed by atoms with Gasteiger partial charge in [-0.1, -0.05) is 38.8 Å². The molecule has 0 aromatic carbocycles. The van der Waals surface area contributed by atoms with E-state index < -0.39 is 12.1 Å². The highest BCUT2D eigenvalue weighted by molar-refractivity contribution is 5.96. The van der Waals surface area contributed by atoms with Gasteiger partial charge in [-0.25, -0.2) is 0 Å². The van der Waals surface area contributed by atoms with Gasteiger partial charge in [0.2, 0.25) is 11.8 Å². The molecule has 0 spiro atoms. The number of aromatic nitrogens is 2. The van der Waals surface area contributed by atoms with Crippen molar-refractivity contribution in [3.05, 3.63) is 59.2 Å². The largest absolute Gasteiger partial charge is 0.343 e. The van der Waals surface area contributed by atoms with E-state index in [1.807, 2.05) is 12.4 Å². The van der Waals surface area contributed by atoms with Gasteiger partial charge in [-0.05, 0) is 101 Å². The highest BCUT2D eigenvalue weighted by atomic mass is 16.2. The van der Waals surface area contributed by atoms with Gasteiger partial charge in [0.05, 0.1) is 11.4 Å². The summed E-state index contributed by atoms with van der Waals surface area (Å²) in [6, 6.07) is 7.67. The fourth-order valence-corrected chi connectivity index (χ4v) is 4.89. The molecule has 40 heavy (non-hydrogen) atoms. The monoisotopic (exact) mass is 550 g/mol. The highest BCUT2D eigenvalue weighted by Crippen LogP contribution is 2.11. The van der Waals surface area contributed by atoms with Gasteiger partial charge in [-0.3, -0.25) is 19.6 Å². The molecule has 2 aromatic rings. The van der Waals surface area contributed by atoms with Gasteiger partial charge in [0.1, 0.15) is 12.1 Å². The van der Waals surface area contributed by atoms with E-state index in [9.17, 15) is 9.59 Å². The lowest BCUT2D eigenvalue weighted by molar-refractivity contribution is -0.137. The number of piperazine rings is 1. The number of nitrogens with one attached hydrogen (secondary N) is 4. The Bertz CT molecular complexity index is 914. The maximum absolute atomic E-state index is 12.6. The summed E-state index contributed by atoms with van der Waals surface area (Å²) in [7, 11) is 0. The van der Waals surface area contributed by atoms with Gasteiger partial charge in [0.25, 0.3) is 0 Å². The summed E-state index contributed by atoms with van der Waals surface area (Å²) in [6.07, 6.45) is 15.9. The lowest BCUT2D eigenvalue weighted by Crippen LogP contribution is -2.61. The van der Waals surface area contributed by atoms with E-state index >= 15 is 0 Å². The van der Waals surface area contributed by atoms with Crippen LogP contribution in [0.5, 0.6) is 0 Å². The SMILES string of the molecule is CCCCc1ccc(CNCCCCC2NC(=O)C(CCCCNCc3ccc(CCCC)cn3)NC2=O)nc1. The number of hydrogen-bond donors (Lipinski definition) is 4. The van der Waals surface area contributed by atoms with Crippen molar-refractivity contribution >= 4 is 11.8 Å². The maximum Gasteiger partial charge on any atom is 0.243 e. The standard InChI is InChI=1S/C32H50N6O2/c1-3-5-11-25-15-17-27(35-21-25)23-33-19-9-7-13-29-31(39)38-30(32(40)37-29)14-8-10-20-34-24-28-18-16-26(22-36-28)12-6-4-2/h15-18,21-22,29-30,33-34H,3-14,19-20,23-24H2,1-2H3,(H,37,40)(H,38,39). The first-order valence-corrected chi connectivity index (χ1v) is 15.5. The van der Waals surface area contributed by atoms with Crippen molar-refractivity contribution in [1.82, 2.24) is 31.2 Å². The van der Waals surface area contributed by atoms with Gasteiger partial charge in [-0.2, -0.15) is 0 Å². The van der Waals surface area contributed by atoms with Crippen LogP contribution >= 0.6 is 0 Å². The minimum absolute atomic E-state index is 0.0588. The quantitative estimate of drug-likeness (QED) is 0.183. The summed E-state index contributed by atoms with van der Waals surface area (Å²) in [5.41, 5.74) is 4.69. The summed E-state index contributed by atoms with van der Waals surface area (Å²) in [4.78, 5) is 34.2. The Morgan fingerprint density at radius 2 is 1.10 bits per heavy atom. The average molecular weight is 551 g/mol. The molecule has 220 valence electrons. The Morgan fingerprint density at radius 1 is 0.650 bits per heavy atom. The Balaban J connectivity index is 1.20. The molecule has 4 N–H and O–H groups in total. The van der Waals surface area contributed by atoms with Crippen LogP contribution in [0.3, 0.4) is 0 Å². The van der Waals surface area contributed by atoms with Crippen molar-refractivity contribution < 1.29 is 9.59 Å². The second kappa shape index (κ2) is 18.5. The lowest BCUT2D eigenvalue weighted by Gasteiger charge is -2.29.